The van der Waals surface area contributed by atoms with Gasteiger partial charge in [0, 0.05) is 22.1 Å². The Morgan fingerprint density at radius 3 is 2.20 bits per heavy atom. The minimum absolute atomic E-state index is 0.0815. The van der Waals surface area contributed by atoms with Gasteiger partial charge in [-0.25, -0.2) is 22.2 Å². The first-order valence-electron chi connectivity index (χ1n) is 8.97. The first-order chi connectivity index (χ1) is 14.4. The highest BCUT2D eigenvalue weighted by Gasteiger charge is 2.18. The van der Waals surface area contributed by atoms with Gasteiger partial charge in [0.2, 0.25) is 10.0 Å². The van der Waals surface area contributed by atoms with Gasteiger partial charge in [0.25, 0.3) is 0 Å². The minimum Gasteiger partial charge on any atom is -0.283 e. The standard InChI is InChI=1S/C22H16F2N2O2S2/c23-18-10-4-1-7-15(18)14-30(27,28)26-20-12-6-3-9-17(20)21-13-29-22(25-21)16-8-2-5-11-19(16)24/h1-13,26H,14H2. The van der Waals surface area contributed by atoms with Crippen LogP contribution in [0, 0.1) is 11.6 Å². The maximum Gasteiger partial charge on any atom is 0.237 e. The van der Waals surface area contributed by atoms with E-state index in [0.717, 1.165) is 0 Å². The summed E-state index contributed by atoms with van der Waals surface area (Å²) in [5, 5.41) is 2.23. The van der Waals surface area contributed by atoms with Crippen molar-refractivity contribution in [2.24, 2.45) is 0 Å². The summed E-state index contributed by atoms with van der Waals surface area (Å²) in [5.41, 5.74) is 1.85. The first kappa shape index (κ1) is 20.2. The second kappa shape index (κ2) is 8.33. The Hall–Kier alpha value is -3.10. The molecular formula is C22H16F2N2O2S2. The summed E-state index contributed by atoms with van der Waals surface area (Å²) in [6.45, 7) is 0. The Bertz CT molecular complexity index is 1300. The number of nitrogens with zero attached hydrogens (tertiary/aromatic N) is 1. The van der Waals surface area contributed by atoms with Gasteiger partial charge in [-0.3, -0.25) is 4.72 Å². The highest BCUT2D eigenvalue weighted by atomic mass is 32.2. The molecule has 0 radical (unpaired) electrons. The van der Waals surface area contributed by atoms with Crippen molar-refractivity contribution >= 4 is 27.0 Å². The maximum absolute atomic E-state index is 14.1. The van der Waals surface area contributed by atoms with E-state index in [1.807, 2.05) is 0 Å². The second-order valence-electron chi connectivity index (χ2n) is 6.52. The van der Waals surface area contributed by atoms with E-state index in [0.29, 0.717) is 27.5 Å². The topological polar surface area (TPSA) is 59.1 Å². The first-order valence-corrected chi connectivity index (χ1v) is 11.5. The number of benzene rings is 3. The summed E-state index contributed by atoms with van der Waals surface area (Å²) in [7, 11) is -3.87. The molecule has 4 nitrogen and oxygen atoms in total. The molecule has 0 atom stereocenters. The molecule has 152 valence electrons. The number of thiazole rings is 1. The van der Waals surface area contributed by atoms with Crippen LogP contribution in [-0.4, -0.2) is 13.4 Å². The monoisotopic (exact) mass is 442 g/mol. The number of halogens is 2. The molecule has 1 N–H and O–H groups in total. The molecule has 4 rings (SSSR count). The van der Waals surface area contributed by atoms with Crippen LogP contribution in [-0.2, 0) is 15.8 Å². The predicted molar refractivity (Wildman–Crippen MR) is 116 cm³/mol. The molecule has 0 aliphatic rings. The van der Waals surface area contributed by atoms with Crippen LogP contribution in [0.5, 0.6) is 0 Å². The molecule has 0 spiro atoms. The molecule has 30 heavy (non-hydrogen) atoms. The number of para-hydroxylation sites is 1. The van der Waals surface area contributed by atoms with Crippen molar-refractivity contribution in [3.63, 3.8) is 0 Å². The Morgan fingerprint density at radius 1 is 0.833 bits per heavy atom. The zero-order valence-electron chi connectivity index (χ0n) is 15.5. The third kappa shape index (κ3) is 4.39. The van der Waals surface area contributed by atoms with Gasteiger partial charge < -0.3 is 0 Å². The van der Waals surface area contributed by atoms with Crippen LogP contribution in [0.2, 0.25) is 0 Å². The van der Waals surface area contributed by atoms with Crippen LogP contribution in [0.15, 0.2) is 78.2 Å². The molecule has 0 bridgehead atoms. The maximum atomic E-state index is 14.1. The molecule has 8 heteroatoms. The third-order valence-corrected chi connectivity index (χ3v) is 6.48. The van der Waals surface area contributed by atoms with E-state index in [2.05, 4.69) is 9.71 Å². The Kier molecular flexibility index (Phi) is 5.61. The molecule has 1 heterocycles. The summed E-state index contributed by atoms with van der Waals surface area (Å²) in [6.07, 6.45) is 0. The molecule has 0 amide bonds. The van der Waals surface area contributed by atoms with Crippen LogP contribution < -0.4 is 4.72 Å². The number of aromatic nitrogens is 1. The van der Waals surface area contributed by atoms with Crippen molar-refractivity contribution in [2.75, 3.05) is 4.72 Å². The summed E-state index contributed by atoms with van der Waals surface area (Å²) < 4.78 is 55.7. The predicted octanol–water partition coefficient (Wildman–Crippen LogP) is 5.70. The van der Waals surface area contributed by atoms with E-state index in [-0.39, 0.29) is 11.4 Å². The third-order valence-electron chi connectivity index (χ3n) is 4.38. The van der Waals surface area contributed by atoms with E-state index >= 15 is 0 Å². The highest BCUT2D eigenvalue weighted by Crippen LogP contribution is 2.34. The average molecular weight is 443 g/mol. The number of hydrogen-bond acceptors (Lipinski definition) is 4. The fourth-order valence-corrected chi connectivity index (χ4v) is 5.05. The second-order valence-corrected chi connectivity index (χ2v) is 9.10. The van der Waals surface area contributed by atoms with Gasteiger partial charge in [-0.1, -0.05) is 48.5 Å². The minimum atomic E-state index is -3.87. The lowest BCUT2D eigenvalue weighted by Crippen LogP contribution is -2.16. The van der Waals surface area contributed by atoms with Gasteiger partial charge >= 0.3 is 0 Å². The average Bonchev–Trinajstić information content (AvgIpc) is 3.20. The number of hydrogen-bond donors (Lipinski definition) is 1. The molecule has 0 saturated carbocycles. The van der Waals surface area contributed by atoms with E-state index in [1.165, 1.54) is 35.6 Å². The number of anilines is 1. The molecule has 3 aromatic carbocycles. The molecule has 0 unspecified atom stereocenters. The van der Waals surface area contributed by atoms with Gasteiger partial charge in [-0.15, -0.1) is 11.3 Å². The van der Waals surface area contributed by atoms with E-state index in [4.69, 9.17) is 0 Å². The summed E-state index contributed by atoms with van der Waals surface area (Å²) in [4.78, 5) is 4.48. The highest BCUT2D eigenvalue weighted by molar-refractivity contribution is 7.91. The number of sulfonamides is 1. The SMILES string of the molecule is O=S(=O)(Cc1ccccc1F)Nc1ccccc1-c1csc(-c2ccccc2F)n1. The molecular weight excluding hydrogens is 426 g/mol. The Balaban J connectivity index is 1.64. The Labute approximate surface area is 176 Å². The van der Waals surface area contributed by atoms with E-state index < -0.39 is 21.6 Å². The van der Waals surface area contributed by atoms with Crippen LogP contribution >= 0.6 is 11.3 Å². The van der Waals surface area contributed by atoms with Crippen molar-refractivity contribution in [2.45, 2.75) is 5.75 Å². The van der Waals surface area contributed by atoms with Gasteiger partial charge in [0.1, 0.15) is 16.6 Å². The van der Waals surface area contributed by atoms with Crippen LogP contribution in [0.3, 0.4) is 0 Å². The van der Waals surface area contributed by atoms with Crippen LogP contribution in [0.1, 0.15) is 5.56 Å². The fraction of sp³-hybridized carbons (Fsp3) is 0.0455. The largest absolute Gasteiger partial charge is 0.283 e. The zero-order chi connectivity index (χ0) is 21.1. The van der Waals surface area contributed by atoms with E-state index in [9.17, 15) is 17.2 Å². The van der Waals surface area contributed by atoms with Gasteiger partial charge in [0.15, 0.2) is 0 Å². The van der Waals surface area contributed by atoms with Crippen LogP contribution in [0.25, 0.3) is 21.8 Å². The summed E-state index contributed by atoms with van der Waals surface area (Å²) in [5.74, 6) is -1.45. The van der Waals surface area contributed by atoms with Crippen molar-refractivity contribution < 1.29 is 17.2 Å². The summed E-state index contributed by atoms with van der Waals surface area (Å²) >= 11 is 1.26. The van der Waals surface area contributed by atoms with Crippen molar-refractivity contribution in [1.29, 1.82) is 0 Å². The molecule has 0 fully saturated rings. The van der Waals surface area contributed by atoms with E-state index in [1.54, 1.807) is 53.9 Å². The Morgan fingerprint density at radius 2 is 1.47 bits per heavy atom. The number of nitrogens with one attached hydrogen (secondary N) is 1. The van der Waals surface area contributed by atoms with Gasteiger partial charge in [-0.2, -0.15) is 0 Å². The molecule has 0 saturated heterocycles. The molecule has 1 aromatic heterocycles. The smallest absolute Gasteiger partial charge is 0.237 e. The normalized spacial score (nSPS) is 11.4. The van der Waals surface area contributed by atoms with Gasteiger partial charge in [-0.05, 0) is 24.3 Å². The zero-order valence-corrected chi connectivity index (χ0v) is 17.2. The lowest BCUT2D eigenvalue weighted by atomic mass is 10.1. The lowest BCUT2D eigenvalue weighted by Gasteiger charge is -2.12. The van der Waals surface area contributed by atoms with Crippen molar-refractivity contribution in [3.8, 4) is 21.8 Å². The molecule has 0 aliphatic carbocycles. The van der Waals surface area contributed by atoms with Crippen molar-refractivity contribution in [1.82, 2.24) is 4.98 Å². The van der Waals surface area contributed by atoms with Crippen molar-refractivity contribution in [3.05, 3.63) is 95.4 Å². The lowest BCUT2D eigenvalue weighted by molar-refractivity contribution is 0.591. The van der Waals surface area contributed by atoms with Gasteiger partial charge in [0.05, 0.1) is 17.1 Å². The van der Waals surface area contributed by atoms with Crippen LogP contribution in [0.4, 0.5) is 14.5 Å². The molecule has 0 aliphatic heterocycles. The number of rotatable bonds is 6. The fourth-order valence-electron chi connectivity index (χ4n) is 2.98. The summed E-state index contributed by atoms with van der Waals surface area (Å²) in [6, 6.07) is 18.8. The quantitative estimate of drug-likeness (QED) is 0.417. The molecule has 4 aromatic rings.